The molecule has 3 rings (SSSR count). The van der Waals surface area contributed by atoms with Crippen molar-refractivity contribution in [2.75, 3.05) is 6.54 Å². The van der Waals surface area contributed by atoms with Crippen LogP contribution in [-0.2, 0) is 29.1 Å². The number of carbonyl (C=O) groups is 2. The van der Waals surface area contributed by atoms with Crippen molar-refractivity contribution in [3.63, 3.8) is 0 Å². The molecule has 35 heavy (non-hydrogen) atoms. The number of nitrogens with zero attached hydrogens (tertiary/aromatic N) is 2. The SMILES string of the molecule is CCCCC(N(CC(C)C)C(=O)N1Cc2ccccc2CC1C(=O)OCc1ccccc1)=[P+]([O-])O. The van der Waals surface area contributed by atoms with Gasteiger partial charge in [0.2, 0.25) is 13.4 Å². The molecule has 0 aromatic heterocycles. The van der Waals surface area contributed by atoms with Crippen LogP contribution in [0.4, 0.5) is 4.79 Å². The quantitative estimate of drug-likeness (QED) is 0.413. The maximum absolute atomic E-state index is 13.9. The molecule has 2 aromatic carbocycles. The fraction of sp³-hybridized carbons (Fsp3) is 0.444. The van der Waals surface area contributed by atoms with Crippen LogP contribution in [0.1, 0.15) is 56.7 Å². The molecule has 2 atom stereocenters. The van der Waals surface area contributed by atoms with Gasteiger partial charge in [-0.3, -0.25) is 4.90 Å². The van der Waals surface area contributed by atoms with Gasteiger partial charge in [0.15, 0.2) is 0 Å². The second-order valence-electron chi connectivity index (χ2n) is 9.29. The van der Waals surface area contributed by atoms with Gasteiger partial charge < -0.3 is 14.5 Å². The highest BCUT2D eigenvalue weighted by atomic mass is 31.1. The molecule has 7 nitrogen and oxygen atoms in total. The zero-order valence-electron chi connectivity index (χ0n) is 20.7. The first-order valence-corrected chi connectivity index (χ1v) is 13.4. The van der Waals surface area contributed by atoms with E-state index in [2.05, 4.69) is 0 Å². The molecule has 2 amide bonds. The van der Waals surface area contributed by atoms with Crippen molar-refractivity contribution in [2.45, 2.75) is 65.6 Å². The minimum absolute atomic E-state index is 0.0751. The summed E-state index contributed by atoms with van der Waals surface area (Å²) in [6, 6.07) is 15.9. The third-order valence-corrected chi connectivity index (χ3v) is 6.96. The fourth-order valence-electron chi connectivity index (χ4n) is 4.24. The topological polar surface area (TPSA) is 93.1 Å². The molecule has 2 unspecified atom stereocenters. The third-order valence-electron chi connectivity index (χ3n) is 6.06. The number of esters is 1. The van der Waals surface area contributed by atoms with Crippen molar-refractivity contribution in [3.05, 3.63) is 71.3 Å². The normalized spacial score (nSPS) is 15.9. The van der Waals surface area contributed by atoms with Gasteiger partial charge in [-0.05, 0) is 29.0 Å². The van der Waals surface area contributed by atoms with Crippen molar-refractivity contribution >= 4 is 25.4 Å². The molecule has 0 saturated carbocycles. The van der Waals surface area contributed by atoms with E-state index in [9.17, 15) is 19.4 Å². The van der Waals surface area contributed by atoms with Crippen molar-refractivity contribution < 1.29 is 24.1 Å². The Kier molecular flexibility index (Phi) is 9.84. The number of ether oxygens (including phenoxy) is 1. The van der Waals surface area contributed by atoms with Crippen LogP contribution in [0.5, 0.6) is 0 Å². The summed E-state index contributed by atoms with van der Waals surface area (Å²) < 4.78 is 5.63. The molecule has 2 aromatic rings. The van der Waals surface area contributed by atoms with E-state index in [1.54, 1.807) is 0 Å². The monoisotopic (exact) mass is 498 g/mol. The van der Waals surface area contributed by atoms with Crippen LogP contribution in [-0.4, -0.2) is 44.7 Å². The van der Waals surface area contributed by atoms with Crippen molar-refractivity contribution in [1.82, 2.24) is 9.80 Å². The van der Waals surface area contributed by atoms with Gasteiger partial charge in [-0.25, -0.2) is 9.59 Å². The molecule has 188 valence electrons. The third kappa shape index (κ3) is 7.14. The van der Waals surface area contributed by atoms with Gasteiger partial charge in [-0.2, -0.15) is 4.89 Å². The average molecular weight is 499 g/mol. The number of hydrogen-bond acceptors (Lipinski definition) is 5. The molecule has 0 bridgehead atoms. The maximum Gasteiger partial charge on any atom is 0.329 e. The maximum atomic E-state index is 13.9. The van der Waals surface area contributed by atoms with Crippen LogP contribution in [0.25, 0.3) is 0 Å². The lowest BCUT2D eigenvalue weighted by Crippen LogP contribution is -2.55. The standard InChI is InChI=1S/C27H35N2O5P/c1-4-5-15-25(35(32)33)29(17-20(2)3)27(31)28-18-23-14-10-9-13-22(23)16-24(28)26(30)34-19-21-11-7-6-8-12-21/h6-14,20,24H,4-5,15-19H2,1-3H3,(H,32,33). The van der Waals surface area contributed by atoms with Gasteiger partial charge >= 0.3 is 12.0 Å². The van der Waals surface area contributed by atoms with E-state index in [4.69, 9.17) is 4.74 Å². The molecule has 1 N–H and O–H groups in total. The molecule has 1 aliphatic heterocycles. The number of unbranched alkanes of at least 4 members (excludes halogenated alkanes) is 1. The lowest BCUT2D eigenvalue weighted by Gasteiger charge is -2.38. The molecule has 0 spiro atoms. The van der Waals surface area contributed by atoms with Crippen LogP contribution in [0.15, 0.2) is 54.6 Å². The van der Waals surface area contributed by atoms with Crippen LogP contribution < -0.4 is 4.89 Å². The molecule has 0 fully saturated rings. The van der Waals surface area contributed by atoms with E-state index in [-0.39, 0.29) is 24.5 Å². The second kappa shape index (κ2) is 12.8. The Bertz CT molecular complexity index is 1040. The molecule has 0 aliphatic carbocycles. The lowest BCUT2D eigenvalue weighted by atomic mass is 9.94. The average Bonchev–Trinajstić information content (AvgIpc) is 2.85. The number of carbonyl (C=O) groups excluding carboxylic acids is 2. The first-order chi connectivity index (χ1) is 16.8. The predicted octanol–water partition coefficient (Wildman–Crippen LogP) is 4.22. The highest BCUT2D eigenvalue weighted by Crippen LogP contribution is 2.27. The van der Waals surface area contributed by atoms with E-state index in [0.29, 0.717) is 25.8 Å². The zero-order chi connectivity index (χ0) is 25.4. The Morgan fingerprint density at radius 3 is 2.43 bits per heavy atom. The first-order valence-electron chi connectivity index (χ1n) is 12.2. The van der Waals surface area contributed by atoms with E-state index in [1.165, 1.54) is 9.80 Å². The Morgan fingerprint density at radius 1 is 1.14 bits per heavy atom. The van der Waals surface area contributed by atoms with E-state index in [0.717, 1.165) is 23.1 Å². The highest BCUT2D eigenvalue weighted by molar-refractivity contribution is 7.45. The molecule has 0 radical (unpaired) electrons. The summed E-state index contributed by atoms with van der Waals surface area (Å²) in [6.45, 7) is 6.56. The van der Waals surface area contributed by atoms with E-state index < -0.39 is 26.0 Å². The molecular weight excluding hydrogens is 463 g/mol. The van der Waals surface area contributed by atoms with Gasteiger partial charge in [-0.1, -0.05) is 81.8 Å². The smallest absolute Gasteiger partial charge is 0.329 e. The van der Waals surface area contributed by atoms with Gasteiger partial charge in [0.05, 0.1) is 0 Å². The van der Waals surface area contributed by atoms with Crippen LogP contribution in [0.2, 0.25) is 0 Å². The van der Waals surface area contributed by atoms with Gasteiger partial charge in [0, 0.05) is 25.9 Å². The minimum Gasteiger partial charge on any atom is -0.602 e. The largest absolute Gasteiger partial charge is 0.602 e. The molecule has 8 heteroatoms. The molecular formula is C27H35N2O5P. The summed E-state index contributed by atoms with van der Waals surface area (Å²) in [6.07, 6.45) is 2.22. The Hall–Kier alpha value is -2.73. The summed E-state index contributed by atoms with van der Waals surface area (Å²) in [7, 11) is -2.69. The van der Waals surface area contributed by atoms with Crippen LogP contribution >= 0.6 is 8.00 Å². The second-order valence-corrected chi connectivity index (χ2v) is 10.4. The summed E-state index contributed by atoms with van der Waals surface area (Å²) in [5.41, 5.74) is 3.04. The molecule has 1 heterocycles. The minimum atomic E-state index is -2.69. The van der Waals surface area contributed by atoms with Crippen molar-refractivity contribution in [2.24, 2.45) is 5.92 Å². The predicted molar refractivity (Wildman–Crippen MR) is 136 cm³/mol. The van der Waals surface area contributed by atoms with Gasteiger partial charge in [-0.15, -0.1) is 0 Å². The highest BCUT2D eigenvalue weighted by Gasteiger charge is 2.40. The van der Waals surface area contributed by atoms with E-state index >= 15 is 0 Å². The number of fused-ring (bicyclic) bond motifs is 1. The number of hydrogen-bond donors (Lipinski definition) is 1. The van der Waals surface area contributed by atoms with Crippen LogP contribution in [0, 0.1) is 5.92 Å². The van der Waals surface area contributed by atoms with Gasteiger partial charge in [0.25, 0.3) is 0 Å². The number of benzene rings is 2. The van der Waals surface area contributed by atoms with Gasteiger partial charge in [0.1, 0.15) is 12.6 Å². The first kappa shape index (κ1) is 26.9. The zero-order valence-corrected chi connectivity index (χ0v) is 21.6. The summed E-state index contributed by atoms with van der Waals surface area (Å²) in [4.78, 5) is 52.5. The van der Waals surface area contributed by atoms with Crippen molar-refractivity contribution in [3.8, 4) is 0 Å². The number of amides is 2. The van der Waals surface area contributed by atoms with Crippen molar-refractivity contribution in [1.29, 1.82) is 0 Å². The summed E-state index contributed by atoms with van der Waals surface area (Å²) in [5, 5.41) is 0. The summed E-state index contributed by atoms with van der Waals surface area (Å²) in [5.74, 6) is -0.407. The number of urea groups is 1. The molecule has 0 saturated heterocycles. The van der Waals surface area contributed by atoms with Crippen LogP contribution in [0.3, 0.4) is 0 Å². The Balaban J connectivity index is 1.91. The Labute approximate surface area is 208 Å². The Morgan fingerprint density at radius 2 is 1.80 bits per heavy atom. The molecule has 1 aliphatic rings. The van der Waals surface area contributed by atoms with E-state index in [1.807, 2.05) is 75.4 Å². The fourth-order valence-corrected chi connectivity index (χ4v) is 4.97. The summed E-state index contributed by atoms with van der Waals surface area (Å²) >= 11 is 0. The number of rotatable bonds is 9. The lowest BCUT2D eigenvalue weighted by molar-refractivity contribution is -0.168.